The molecule has 0 saturated heterocycles. The summed E-state index contributed by atoms with van der Waals surface area (Å²) in [5, 5.41) is 17.9. The second-order valence-electron chi connectivity index (χ2n) is 3.30. The van der Waals surface area contributed by atoms with Crippen LogP contribution in [0.1, 0.15) is 12.6 Å². The van der Waals surface area contributed by atoms with Crippen LogP contribution >= 0.6 is 15.9 Å². The molecular weight excluding hydrogens is 266 g/mol. The molecule has 1 atom stereocenters. The maximum Gasteiger partial charge on any atom is 0.191 e. The molecule has 0 amide bonds. The average Bonchev–Trinajstić information content (AvgIpc) is 2.48. The number of methoxy groups -OCH3 is 2. The van der Waals surface area contributed by atoms with E-state index >= 15 is 0 Å². The highest BCUT2D eigenvalue weighted by molar-refractivity contribution is 9.10. The Balaban J connectivity index is 3.14. The lowest BCUT2D eigenvalue weighted by Crippen LogP contribution is -2.41. The predicted octanol–water partition coefficient (Wildman–Crippen LogP) is 0.404. The molecule has 0 aromatic carbocycles. The summed E-state index contributed by atoms with van der Waals surface area (Å²) in [4.78, 5) is 0. The molecule has 0 radical (unpaired) electrons. The molecule has 1 aromatic rings. The number of ether oxygens (including phenoxy) is 2. The highest BCUT2D eigenvalue weighted by Gasteiger charge is 2.39. The minimum Gasteiger partial charge on any atom is -0.378 e. The summed E-state index contributed by atoms with van der Waals surface area (Å²) in [6.07, 6.45) is -0.786. The lowest BCUT2D eigenvalue weighted by atomic mass is 10.0. The number of nitrogens with zero attached hydrogens (tertiary/aromatic N) is 3. The Labute approximate surface area is 96.3 Å². The van der Waals surface area contributed by atoms with Gasteiger partial charge in [0, 0.05) is 21.3 Å². The van der Waals surface area contributed by atoms with E-state index in [-0.39, 0.29) is 0 Å². The van der Waals surface area contributed by atoms with Crippen molar-refractivity contribution in [1.29, 1.82) is 0 Å². The third-order valence-electron chi connectivity index (χ3n) is 2.15. The van der Waals surface area contributed by atoms with Crippen LogP contribution in [-0.2, 0) is 22.1 Å². The van der Waals surface area contributed by atoms with Gasteiger partial charge in [0.2, 0.25) is 0 Å². The van der Waals surface area contributed by atoms with Gasteiger partial charge in [-0.3, -0.25) is 0 Å². The molecule has 86 valence electrons. The topological polar surface area (TPSA) is 69.4 Å². The molecule has 1 unspecified atom stereocenters. The molecule has 1 rings (SSSR count). The van der Waals surface area contributed by atoms with Gasteiger partial charge in [0.05, 0.1) is 0 Å². The van der Waals surface area contributed by atoms with Gasteiger partial charge in [-0.05, 0) is 22.9 Å². The fourth-order valence-corrected chi connectivity index (χ4v) is 2.26. The first-order valence-electron chi connectivity index (χ1n) is 4.28. The van der Waals surface area contributed by atoms with Crippen molar-refractivity contribution in [3.05, 3.63) is 10.3 Å². The molecule has 6 nitrogen and oxygen atoms in total. The van der Waals surface area contributed by atoms with Crippen molar-refractivity contribution in [2.75, 3.05) is 14.2 Å². The minimum atomic E-state index is -1.33. The first-order chi connectivity index (χ1) is 6.95. The van der Waals surface area contributed by atoms with Gasteiger partial charge in [-0.2, -0.15) is 0 Å². The third kappa shape index (κ3) is 2.20. The van der Waals surface area contributed by atoms with Gasteiger partial charge in [-0.25, -0.2) is 4.68 Å². The molecule has 0 aliphatic heterocycles. The molecule has 1 heterocycles. The van der Waals surface area contributed by atoms with Crippen LogP contribution in [0.15, 0.2) is 4.60 Å². The summed E-state index contributed by atoms with van der Waals surface area (Å²) < 4.78 is 12.0. The zero-order valence-corrected chi connectivity index (χ0v) is 10.6. The molecule has 0 saturated carbocycles. The number of halogens is 1. The summed E-state index contributed by atoms with van der Waals surface area (Å²) in [6.45, 7) is 1.58. The number of aliphatic hydroxyl groups is 1. The Hall–Kier alpha value is -0.500. The van der Waals surface area contributed by atoms with Crippen LogP contribution in [0.3, 0.4) is 0 Å². The highest BCUT2D eigenvalue weighted by atomic mass is 79.9. The quantitative estimate of drug-likeness (QED) is 0.809. The number of aryl methyl sites for hydroxylation is 1. The van der Waals surface area contributed by atoms with Gasteiger partial charge in [-0.15, -0.1) is 5.10 Å². The smallest absolute Gasteiger partial charge is 0.191 e. The van der Waals surface area contributed by atoms with Crippen LogP contribution in [-0.4, -0.2) is 40.6 Å². The first kappa shape index (κ1) is 12.6. The Bertz CT molecular complexity index is 316. The molecule has 15 heavy (non-hydrogen) atoms. The zero-order valence-electron chi connectivity index (χ0n) is 9.06. The fourth-order valence-electron chi connectivity index (χ4n) is 1.54. The molecule has 0 aliphatic rings. The Morgan fingerprint density at radius 2 is 2.00 bits per heavy atom. The van der Waals surface area contributed by atoms with Crippen molar-refractivity contribution in [3.8, 4) is 0 Å². The van der Waals surface area contributed by atoms with E-state index in [1.165, 1.54) is 18.9 Å². The maximum absolute atomic E-state index is 10.3. The van der Waals surface area contributed by atoms with Gasteiger partial charge < -0.3 is 14.6 Å². The van der Waals surface area contributed by atoms with Crippen molar-refractivity contribution in [1.82, 2.24) is 15.0 Å². The molecule has 0 spiro atoms. The summed E-state index contributed by atoms with van der Waals surface area (Å²) in [5.74, 6) is 0. The second-order valence-corrected chi connectivity index (χ2v) is 4.05. The molecule has 1 aromatic heterocycles. The Morgan fingerprint density at radius 3 is 2.33 bits per heavy atom. The van der Waals surface area contributed by atoms with Crippen LogP contribution in [0.5, 0.6) is 0 Å². The van der Waals surface area contributed by atoms with Crippen LogP contribution < -0.4 is 0 Å². The van der Waals surface area contributed by atoms with Crippen LogP contribution in [0.2, 0.25) is 0 Å². The second kappa shape index (κ2) is 4.56. The molecule has 0 fully saturated rings. The third-order valence-corrected chi connectivity index (χ3v) is 2.69. The van der Waals surface area contributed by atoms with E-state index in [4.69, 9.17) is 9.47 Å². The monoisotopic (exact) mass is 279 g/mol. The van der Waals surface area contributed by atoms with E-state index in [1.54, 1.807) is 14.0 Å². The van der Waals surface area contributed by atoms with E-state index in [0.29, 0.717) is 10.3 Å². The van der Waals surface area contributed by atoms with Gasteiger partial charge >= 0.3 is 0 Å². The highest BCUT2D eigenvalue weighted by Crippen LogP contribution is 2.30. The van der Waals surface area contributed by atoms with Crippen molar-refractivity contribution < 1.29 is 14.6 Å². The Kier molecular flexibility index (Phi) is 3.82. The van der Waals surface area contributed by atoms with Crippen molar-refractivity contribution in [3.63, 3.8) is 0 Å². The standard InChI is InChI=1S/C8H14BrN3O3/c1-8(13,7(14-3)15-4)5-6(9)10-11-12(5)2/h7,13H,1-4H3. The van der Waals surface area contributed by atoms with E-state index in [0.717, 1.165) is 0 Å². The fraction of sp³-hybridized carbons (Fsp3) is 0.750. The molecule has 0 bridgehead atoms. The summed E-state index contributed by atoms with van der Waals surface area (Å²) >= 11 is 3.21. The average molecular weight is 280 g/mol. The number of aromatic nitrogens is 3. The van der Waals surface area contributed by atoms with Crippen LogP contribution in [0, 0.1) is 0 Å². The van der Waals surface area contributed by atoms with Gasteiger partial charge in [0.1, 0.15) is 5.69 Å². The Morgan fingerprint density at radius 1 is 1.47 bits per heavy atom. The number of rotatable bonds is 4. The summed E-state index contributed by atoms with van der Waals surface area (Å²) in [6, 6.07) is 0. The molecular formula is C8H14BrN3O3. The van der Waals surface area contributed by atoms with E-state index in [2.05, 4.69) is 26.2 Å². The van der Waals surface area contributed by atoms with E-state index < -0.39 is 11.9 Å². The van der Waals surface area contributed by atoms with Gasteiger partial charge in [-0.1, -0.05) is 5.21 Å². The van der Waals surface area contributed by atoms with Crippen molar-refractivity contribution in [2.45, 2.75) is 18.8 Å². The maximum atomic E-state index is 10.3. The zero-order chi connectivity index (χ0) is 11.6. The van der Waals surface area contributed by atoms with Crippen LogP contribution in [0.25, 0.3) is 0 Å². The van der Waals surface area contributed by atoms with E-state index in [1.807, 2.05) is 0 Å². The number of hydrogen-bond donors (Lipinski definition) is 1. The minimum absolute atomic E-state index is 0.467. The van der Waals surface area contributed by atoms with Crippen molar-refractivity contribution >= 4 is 15.9 Å². The van der Waals surface area contributed by atoms with Crippen molar-refractivity contribution in [2.24, 2.45) is 7.05 Å². The molecule has 1 N–H and O–H groups in total. The van der Waals surface area contributed by atoms with Gasteiger partial charge in [0.25, 0.3) is 0 Å². The lowest BCUT2D eigenvalue weighted by molar-refractivity contribution is -0.215. The van der Waals surface area contributed by atoms with Gasteiger partial charge in [0.15, 0.2) is 16.5 Å². The molecule has 7 heteroatoms. The SMILES string of the molecule is COC(OC)C(C)(O)c1c(Br)nnn1C. The normalized spacial score (nSPS) is 15.7. The first-order valence-corrected chi connectivity index (χ1v) is 5.08. The lowest BCUT2D eigenvalue weighted by Gasteiger charge is -2.30. The molecule has 0 aliphatic carbocycles. The summed E-state index contributed by atoms with van der Waals surface area (Å²) in [5.41, 5.74) is -0.836. The predicted molar refractivity (Wildman–Crippen MR) is 56.1 cm³/mol. The summed E-state index contributed by atoms with van der Waals surface area (Å²) in [7, 11) is 4.60. The van der Waals surface area contributed by atoms with Crippen LogP contribution in [0.4, 0.5) is 0 Å². The number of hydrogen-bond acceptors (Lipinski definition) is 5. The van der Waals surface area contributed by atoms with E-state index in [9.17, 15) is 5.11 Å². The largest absolute Gasteiger partial charge is 0.378 e.